The minimum Gasteiger partial charge on any atom is -0.462 e. The van der Waals surface area contributed by atoms with E-state index in [1.807, 2.05) is 6.92 Å². The second-order valence-corrected chi connectivity index (χ2v) is 4.02. The first-order chi connectivity index (χ1) is 8.69. The number of hydrogen-bond donors (Lipinski definition) is 1. The van der Waals surface area contributed by atoms with E-state index in [0.29, 0.717) is 23.5 Å². The molecular formula is C13H16O4S. The Morgan fingerprint density at radius 3 is 1.83 bits per heavy atom. The Labute approximate surface area is 112 Å². The van der Waals surface area contributed by atoms with Crippen LogP contribution in [0.3, 0.4) is 0 Å². The maximum absolute atomic E-state index is 11.5. The topological polar surface area (TPSA) is 52.6 Å². The van der Waals surface area contributed by atoms with E-state index in [4.69, 9.17) is 9.47 Å². The summed E-state index contributed by atoms with van der Waals surface area (Å²) < 4.78 is 9.89. The van der Waals surface area contributed by atoms with E-state index in [9.17, 15) is 9.59 Å². The van der Waals surface area contributed by atoms with Crippen LogP contribution >= 0.6 is 12.6 Å². The lowest BCUT2D eigenvalue weighted by Gasteiger charge is -2.05. The van der Waals surface area contributed by atoms with Gasteiger partial charge in [0, 0.05) is 5.75 Å². The SMILES string of the molecule is CCCOC(=O)c1ccc(C(=O)OCCS)cc1. The van der Waals surface area contributed by atoms with Crippen LogP contribution < -0.4 is 0 Å². The van der Waals surface area contributed by atoms with Crippen molar-refractivity contribution in [2.75, 3.05) is 19.0 Å². The molecule has 0 unspecified atom stereocenters. The largest absolute Gasteiger partial charge is 0.462 e. The highest BCUT2D eigenvalue weighted by Crippen LogP contribution is 2.07. The zero-order valence-electron chi connectivity index (χ0n) is 10.2. The van der Waals surface area contributed by atoms with Crippen molar-refractivity contribution in [1.29, 1.82) is 0 Å². The minimum absolute atomic E-state index is 0.266. The monoisotopic (exact) mass is 268 g/mol. The van der Waals surface area contributed by atoms with Crippen LogP contribution in [0.25, 0.3) is 0 Å². The molecule has 0 saturated carbocycles. The summed E-state index contributed by atoms with van der Waals surface area (Å²) >= 11 is 3.94. The van der Waals surface area contributed by atoms with E-state index in [2.05, 4.69) is 12.6 Å². The molecule has 4 nitrogen and oxygen atoms in total. The first-order valence-electron chi connectivity index (χ1n) is 5.74. The van der Waals surface area contributed by atoms with Gasteiger partial charge in [-0.2, -0.15) is 12.6 Å². The van der Waals surface area contributed by atoms with E-state index in [1.165, 1.54) is 0 Å². The normalized spacial score (nSPS) is 9.89. The molecule has 0 saturated heterocycles. The van der Waals surface area contributed by atoms with Crippen LogP contribution in [0, 0.1) is 0 Å². The van der Waals surface area contributed by atoms with Crippen molar-refractivity contribution in [2.24, 2.45) is 0 Å². The highest BCUT2D eigenvalue weighted by Gasteiger charge is 2.10. The molecule has 0 radical (unpaired) electrons. The van der Waals surface area contributed by atoms with Crippen LogP contribution in [0.2, 0.25) is 0 Å². The van der Waals surface area contributed by atoms with Gasteiger partial charge in [-0.3, -0.25) is 0 Å². The number of carbonyl (C=O) groups excluding carboxylic acids is 2. The molecule has 0 aliphatic heterocycles. The molecule has 5 heteroatoms. The van der Waals surface area contributed by atoms with Crippen LogP contribution in [0.1, 0.15) is 34.1 Å². The third kappa shape index (κ3) is 4.41. The molecule has 0 bridgehead atoms. The summed E-state index contributed by atoms with van der Waals surface area (Å²) in [6, 6.07) is 6.19. The molecule has 18 heavy (non-hydrogen) atoms. The average Bonchev–Trinajstić information content (AvgIpc) is 2.42. The quantitative estimate of drug-likeness (QED) is 0.635. The van der Waals surface area contributed by atoms with E-state index < -0.39 is 5.97 Å². The number of ether oxygens (including phenoxy) is 2. The van der Waals surface area contributed by atoms with Crippen molar-refractivity contribution >= 4 is 24.6 Å². The fraction of sp³-hybridized carbons (Fsp3) is 0.385. The highest BCUT2D eigenvalue weighted by atomic mass is 32.1. The number of hydrogen-bond acceptors (Lipinski definition) is 5. The van der Waals surface area contributed by atoms with Crippen molar-refractivity contribution in [2.45, 2.75) is 13.3 Å². The van der Waals surface area contributed by atoms with Gasteiger partial charge in [0.05, 0.1) is 17.7 Å². The summed E-state index contributed by atoms with van der Waals surface area (Å²) in [6.07, 6.45) is 0.778. The lowest BCUT2D eigenvalue weighted by atomic mass is 10.1. The predicted octanol–water partition coefficient (Wildman–Crippen LogP) is 2.34. The second-order valence-electron chi connectivity index (χ2n) is 3.57. The molecule has 0 amide bonds. The summed E-state index contributed by atoms with van der Waals surface area (Å²) in [5, 5.41) is 0. The maximum Gasteiger partial charge on any atom is 0.338 e. The third-order valence-electron chi connectivity index (χ3n) is 2.12. The van der Waals surface area contributed by atoms with Crippen LogP contribution in [0.4, 0.5) is 0 Å². The molecule has 0 aromatic heterocycles. The molecule has 1 rings (SSSR count). The number of esters is 2. The Bertz CT molecular complexity index is 361. The van der Waals surface area contributed by atoms with Crippen LogP contribution in [-0.4, -0.2) is 30.9 Å². The van der Waals surface area contributed by atoms with Gasteiger partial charge in [0.25, 0.3) is 0 Å². The number of thiol groups is 1. The van der Waals surface area contributed by atoms with E-state index in [1.54, 1.807) is 24.3 Å². The van der Waals surface area contributed by atoms with Crippen molar-refractivity contribution in [3.05, 3.63) is 35.4 Å². The number of carbonyl (C=O) groups is 2. The van der Waals surface area contributed by atoms with Gasteiger partial charge < -0.3 is 9.47 Å². The Morgan fingerprint density at radius 2 is 1.44 bits per heavy atom. The molecule has 1 aromatic rings. The van der Waals surface area contributed by atoms with Gasteiger partial charge in [-0.05, 0) is 30.7 Å². The standard InChI is InChI=1S/C13H16O4S/c1-2-7-16-12(14)10-3-5-11(6-4-10)13(15)17-8-9-18/h3-6,18H,2,7-9H2,1H3. The zero-order chi connectivity index (χ0) is 13.4. The van der Waals surface area contributed by atoms with Gasteiger partial charge in [0.2, 0.25) is 0 Å². The Balaban J connectivity index is 2.62. The van der Waals surface area contributed by atoms with Crippen molar-refractivity contribution in [3.63, 3.8) is 0 Å². The maximum atomic E-state index is 11.5. The highest BCUT2D eigenvalue weighted by molar-refractivity contribution is 7.80. The van der Waals surface area contributed by atoms with Crippen molar-refractivity contribution in [1.82, 2.24) is 0 Å². The number of benzene rings is 1. The van der Waals surface area contributed by atoms with Crippen LogP contribution in [0.5, 0.6) is 0 Å². The molecule has 0 atom stereocenters. The Morgan fingerprint density at radius 1 is 1.00 bits per heavy atom. The summed E-state index contributed by atoms with van der Waals surface area (Å²) in [6.45, 7) is 2.58. The van der Waals surface area contributed by atoms with Gasteiger partial charge in [-0.1, -0.05) is 6.92 Å². The molecule has 1 aromatic carbocycles. The lowest BCUT2D eigenvalue weighted by Crippen LogP contribution is -2.09. The van der Waals surface area contributed by atoms with Gasteiger partial charge in [0.15, 0.2) is 0 Å². The first kappa shape index (κ1) is 14.6. The van der Waals surface area contributed by atoms with Crippen molar-refractivity contribution in [3.8, 4) is 0 Å². The smallest absolute Gasteiger partial charge is 0.338 e. The molecular weight excluding hydrogens is 252 g/mol. The summed E-state index contributed by atoms with van der Waals surface area (Å²) in [7, 11) is 0. The van der Waals surface area contributed by atoms with E-state index >= 15 is 0 Å². The van der Waals surface area contributed by atoms with Gasteiger partial charge in [-0.15, -0.1) is 0 Å². The Kier molecular flexibility index (Phi) is 6.28. The lowest BCUT2D eigenvalue weighted by molar-refractivity contribution is 0.0498. The minimum atomic E-state index is -0.419. The van der Waals surface area contributed by atoms with Gasteiger partial charge >= 0.3 is 11.9 Å². The van der Waals surface area contributed by atoms with Crippen LogP contribution in [-0.2, 0) is 9.47 Å². The molecule has 0 N–H and O–H groups in total. The van der Waals surface area contributed by atoms with E-state index in [0.717, 1.165) is 6.42 Å². The molecule has 0 aliphatic carbocycles. The van der Waals surface area contributed by atoms with E-state index in [-0.39, 0.29) is 12.6 Å². The fourth-order valence-electron chi connectivity index (χ4n) is 1.24. The Hall–Kier alpha value is -1.49. The molecule has 0 spiro atoms. The average molecular weight is 268 g/mol. The van der Waals surface area contributed by atoms with Gasteiger partial charge in [-0.25, -0.2) is 9.59 Å². The number of rotatable bonds is 6. The molecule has 0 heterocycles. The van der Waals surface area contributed by atoms with Crippen LogP contribution in [0.15, 0.2) is 24.3 Å². The summed E-state index contributed by atoms with van der Waals surface area (Å²) in [5.41, 5.74) is 0.832. The fourth-order valence-corrected chi connectivity index (χ4v) is 1.33. The predicted molar refractivity (Wildman–Crippen MR) is 71.2 cm³/mol. The summed E-state index contributed by atoms with van der Waals surface area (Å²) in [4.78, 5) is 23.0. The second kappa shape index (κ2) is 7.76. The molecule has 0 fully saturated rings. The molecule has 0 aliphatic rings. The summed E-state index contributed by atoms with van der Waals surface area (Å²) in [5.74, 6) is -0.322. The first-order valence-corrected chi connectivity index (χ1v) is 6.37. The van der Waals surface area contributed by atoms with Gasteiger partial charge in [0.1, 0.15) is 6.61 Å². The van der Waals surface area contributed by atoms with Crippen molar-refractivity contribution < 1.29 is 19.1 Å². The zero-order valence-corrected chi connectivity index (χ0v) is 11.1. The molecule has 98 valence electrons. The third-order valence-corrected chi connectivity index (χ3v) is 2.30.